The molecule has 0 saturated carbocycles. The van der Waals surface area contributed by atoms with Gasteiger partial charge >= 0.3 is 6.42 Å². The van der Waals surface area contributed by atoms with Gasteiger partial charge in [-0.2, -0.15) is 0 Å². The second-order valence-corrected chi connectivity index (χ2v) is 17.1. The fourth-order valence-electron chi connectivity index (χ4n) is 9.30. The standard InChI is InChI=1S/C48H29B2F20N3/c1-16(2)21-13-10-14-22(17(3)4)48(21)73-19(6)23(15-71-49(24-28(51)36(59)44(67)37(60)29(24)52)25-30(53)38(61)45(68)39(62)31(25)54)18(5)72(20-11-8-7-9-12-20)50(73,26-32(55)40(63)46(69)41(64)33(26)56)27-34(57)42(65)47(70)43(66)35(27)58/h7-17H,1-6H3/q-1/b71-15+. The molecule has 1 aliphatic rings. The first-order chi connectivity index (χ1) is 34.1. The molecule has 0 aliphatic carbocycles. The molecule has 7 rings (SSSR count). The third kappa shape index (κ3) is 7.94. The van der Waals surface area contributed by atoms with Gasteiger partial charge in [-0.25, -0.2) is 87.8 Å². The van der Waals surface area contributed by atoms with Gasteiger partial charge in [-0.1, -0.05) is 64.1 Å². The molecule has 0 N–H and O–H groups in total. The number of para-hydroxylation sites is 2. The molecule has 1 heterocycles. The number of hydrogen-bond donors (Lipinski definition) is 0. The van der Waals surface area contributed by atoms with Gasteiger partial charge in [0.15, 0.2) is 75.5 Å². The van der Waals surface area contributed by atoms with Gasteiger partial charge in [-0.05, 0) is 53.7 Å². The topological polar surface area (TPSA) is 18.6 Å². The summed E-state index contributed by atoms with van der Waals surface area (Å²) in [4.78, 5) is 3.93. The molecule has 0 aromatic heterocycles. The van der Waals surface area contributed by atoms with E-state index in [0.29, 0.717) is 9.30 Å². The number of rotatable bonds is 10. The van der Waals surface area contributed by atoms with Gasteiger partial charge in [0.25, 0.3) is 0 Å². The first kappa shape index (κ1) is 53.7. The normalized spacial score (nSPS) is 14.2. The zero-order valence-corrected chi connectivity index (χ0v) is 37.9. The van der Waals surface area contributed by atoms with Crippen LogP contribution in [0, 0.1) is 116 Å². The van der Waals surface area contributed by atoms with Crippen LogP contribution in [0.15, 0.2) is 64.7 Å². The third-order valence-corrected chi connectivity index (χ3v) is 12.5. The van der Waals surface area contributed by atoms with E-state index in [2.05, 4.69) is 4.90 Å². The minimum Gasteiger partial charge on any atom is -0.529 e. The Morgan fingerprint density at radius 1 is 0.438 bits per heavy atom. The van der Waals surface area contributed by atoms with Crippen molar-refractivity contribution in [2.75, 3.05) is 4.81 Å². The highest BCUT2D eigenvalue weighted by molar-refractivity contribution is 7.00. The van der Waals surface area contributed by atoms with E-state index in [4.69, 9.17) is 0 Å². The van der Waals surface area contributed by atoms with Crippen LogP contribution in [0.5, 0.6) is 0 Å². The first-order valence-corrected chi connectivity index (χ1v) is 21.2. The fraction of sp³-hybridized carbons (Fsp3) is 0.167. The lowest BCUT2D eigenvalue weighted by Gasteiger charge is -2.53. The number of benzene rings is 6. The number of allylic oxidation sites excluding steroid dienone is 2. The second kappa shape index (κ2) is 19.4. The Kier molecular flexibility index (Phi) is 14.3. The molecule has 1 radical (unpaired) electrons. The van der Waals surface area contributed by atoms with Crippen molar-refractivity contribution in [1.82, 2.24) is 0 Å². The molecule has 0 unspecified atom stereocenters. The molecule has 0 bridgehead atoms. The second-order valence-electron chi connectivity index (χ2n) is 17.1. The summed E-state index contributed by atoms with van der Waals surface area (Å²) >= 11 is 0. The Bertz CT molecular complexity index is 3130. The maximum absolute atomic E-state index is 17.2. The van der Waals surface area contributed by atoms with E-state index in [9.17, 15) is 26.3 Å². The third-order valence-electron chi connectivity index (χ3n) is 12.5. The molecule has 383 valence electrons. The Balaban J connectivity index is 1.84. The Hall–Kier alpha value is -7.07. The average molecular weight is 1050 g/mol. The predicted octanol–water partition coefficient (Wildman–Crippen LogP) is 11.7. The van der Waals surface area contributed by atoms with Gasteiger partial charge in [0.05, 0.1) is 12.4 Å². The first-order valence-electron chi connectivity index (χ1n) is 21.2. The molecular weight excluding hydrogens is 1020 g/mol. The van der Waals surface area contributed by atoms with E-state index < -0.39 is 192 Å². The quantitative estimate of drug-likeness (QED) is 0.0440. The van der Waals surface area contributed by atoms with E-state index in [1.54, 1.807) is 0 Å². The lowest BCUT2D eigenvalue weighted by Crippen LogP contribution is -2.81. The summed E-state index contributed by atoms with van der Waals surface area (Å²) in [6, 6.07) is 9.07. The molecule has 0 amide bonds. The molecular formula is C48H29B2F20N3-. The molecule has 0 fully saturated rings. The fourth-order valence-corrected chi connectivity index (χ4v) is 9.30. The average Bonchev–Trinajstić information content (AvgIpc) is 3.36. The zero-order chi connectivity index (χ0) is 54.4. The van der Waals surface area contributed by atoms with Gasteiger partial charge in [0.2, 0.25) is 0 Å². The van der Waals surface area contributed by atoms with Crippen LogP contribution in [-0.4, -0.2) is 29.7 Å². The van der Waals surface area contributed by atoms with Gasteiger partial charge in [0.1, 0.15) is 52.2 Å². The Morgan fingerprint density at radius 3 is 1.08 bits per heavy atom. The highest BCUT2D eigenvalue weighted by atomic mass is 19.2. The molecule has 0 spiro atoms. The van der Waals surface area contributed by atoms with Crippen LogP contribution in [0.2, 0.25) is 0 Å². The molecule has 25 heteroatoms. The van der Waals surface area contributed by atoms with Crippen molar-refractivity contribution in [2.24, 2.45) is 4.90 Å². The zero-order valence-electron chi connectivity index (χ0n) is 37.9. The Labute approximate surface area is 400 Å². The molecule has 6 aromatic rings. The number of halogens is 20. The molecule has 6 aromatic carbocycles. The van der Waals surface area contributed by atoms with Crippen LogP contribution >= 0.6 is 0 Å². The smallest absolute Gasteiger partial charge is 0.446 e. The lowest BCUT2D eigenvalue weighted by molar-refractivity contribution is -0.296. The summed E-state index contributed by atoms with van der Waals surface area (Å²) in [6.45, 7) is 3.74. The minimum absolute atomic E-state index is 0.0888. The highest BCUT2D eigenvalue weighted by Gasteiger charge is 2.61. The van der Waals surface area contributed by atoms with Gasteiger partial charge in [-0.15, -0.1) is 10.9 Å². The number of anilines is 1. The molecule has 0 atom stereocenters. The van der Waals surface area contributed by atoms with Crippen LogP contribution < -0.4 is 26.7 Å². The molecule has 3 nitrogen and oxygen atoms in total. The maximum Gasteiger partial charge on any atom is 0.446 e. The molecule has 0 saturated heterocycles. The van der Waals surface area contributed by atoms with E-state index in [0.717, 1.165) is 38.1 Å². The SMILES string of the molecule is CC1=C(/C=N/[B-](c2c(F)c(F)c(F)c(F)c2F)c2c(F)c(F)c(F)c(F)c2F)C(C)=[N+](c2c(C(C)C)cccc2C(C)C)[B-](c2c(F)c(F)c(F)c(F)c2F)(c2c(F)c(F)c(F)c(F)c2F)N1c1ccccc1. The van der Waals surface area contributed by atoms with Crippen molar-refractivity contribution >= 4 is 58.4 Å². The minimum atomic E-state index is -5.44. The summed E-state index contributed by atoms with van der Waals surface area (Å²) in [5, 5.41) is 0. The summed E-state index contributed by atoms with van der Waals surface area (Å²) in [6.07, 6.45) is -5.26. The molecule has 1 aliphatic heterocycles. The molecule has 73 heavy (non-hydrogen) atoms. The van der Waals surface area contributed by atoms with Crippen molar-refractivity contribution in [2.45, 2.75) is 53.4 Å². The van der Waals surface area contributed by atoms with E-state index in [-0.39, 0.29) is 17.3 Å². The van der Waals surface area contributed by atoms with Crippen LogP contribution in [-0.2, 0) is 0 Å². The number of hydrogen-bond acceptors (Lipinski definition) is 2. The highest BCUT2D eigenvalue weighted by Crippen LogP contribution is 2.44. The van der Waals surface area contributed by atoms with Crippen molar-refractivity contribution in [3.8, 4) is 0 Å². The summed E-state index contributed by atoms with van der Waals surface area (Å²) in [5.74, 6) is -59.5. The summed E-state index contributed by atoms with van der Waals surface area (Å²) < 4.78 is 315. The largest absolute Gasteiger partial charge is 0.529 e. The lowest BCUT2D eigenvalue weighted by atomic mass is 9.33. The summed E-state index contributed by atoms with van der Waals surface area (Å²) in [5.41, 5.74) is -13.4. The monoisotopic (exact) mass is 1050 g/mol. The van der Waals surface area contributed by atoms with E-state index >= 15 is 61.5 Å². The van der Waals surface area contributed by atoms with E-state index in [1.165, 1.54) is 52.0 Å². The van der Waals surface area contributed by atoms with Crippen LogP contribution in [0.1, 0.15) is 64.5 Å². The maximum atomic E-state index is 17.2. The van der Waals surface area contributed by atoms with Crippen molar-refractivity contribution in [3.05, 3.63) is 187 Å². The van der Waals surface area contributed by atoms with Gasteiger partial charge in [0, 0.05) is 23.7 Å². The summed E-state index contributed by atoms with van der Waals surface area (Å²) in [7, 11) is 0. The van der Waals surface area contributed by atoms with Crippen LogP contribution in [0.3, 0.4) is 0 Å². The van der Waals surface area contributed by atoms with Crippen molar-refractivity contribution in [3.63, 3.8) is 0 Å². The van der Waals surface area contributed by atoms with E-state index in [1.807, 2.05) is 0 Å². The van der Waals surface area contributed by atoms with Crippen molar-refractivity contribution in [1.29, 1.82) is 0 Å². The number of nitrogens with zero attached hydrogens (tertiary/aromatic N) is 3. The van der Waals surface area contributed by atoms with Gasteiger partial charge < -0.3 is 14.2 Å². The van der Waals surface area contributed by atoms with Crippen molar-refractivity contribution < 1.29 is 92.3 Å². The van der Waals surface area contributed by atoms with Gasteiger partial charge in [-0.3, -0.25) is 0 Å². The van der Waals surface area contributed by atoms with Crippen LogP contribution in [0.4, 0.5) is 99.2 Å². The predicted molar refractivity (Wildman–Crippen MR) is 230 cm³/mol. The van der Waals surface area contributed by atoms with Crippen LogP contribution in [0.25, 0.3) is 0 Å². The Morgan fingerprint density at radius 2 is 0.753 bits per heavy atom.